The molecule has 0 fully saturated rings. The molecule has 58 heavy (non-hydrogen) atoms. The molecular formula is C56H39NSi. The third-order valence-electron chi connectivity index (χ3n) is 13.1. The predicted octanol–water partition coefficient (Wildman–Crippen LogP) is 10.8. The topological polar surface area (TPSA) is 4.93 Å². The van der Waals surface area contributed by atoms with Gasteiger partial charge in [0.1, 0.15) is 0 Å². The maximum atomic E-state index is 2.54. The molecule has 0 N–H and O–H groups in total. The lowest BCUT2D eigenvalue weighted by Gasteiger charge is -2.42. The van der Waals surface area contributed by atoms with E-state index >= 15 is 0 Å². The van der Waals surface area contributed by atoms with Crippen LogP contribution in [-0.4, -0.2) is 12.6 Å². The van der Waals surface area contributed by atoms with Crippen molar-refractivity contribution in [3.05, 3.63) is 258 Å². The van der Waals surface area contributed by atoms with Gasteiger partial charge >= 0.3 is 0 Å². The van der Waals surface area contributed by atoms with E-state index in [1.807, 2.05) is 0 Å². The highest BCUT2D eigenvalue weighted by Crippen LogP contribution is 2.58. The minimum absolute atomic E-state index is 0.191. The Morgan fingerprint density at radius 1 is 0.328 bits per heavy atom. The van der Waals surface area contributed by atoms with Gasteiger partial charge in [0.05, 0.1) is 11.0 Å². The van der Waals surface area contributed by atoms with Crippen LogP contribution in [0.2, 0.25) is 0 Å². The molecule has 0 aliphatic heterocycles. The second kappa shape index (κ2) is 13.0. The minimum Gasteiger partial charge on any atom is -0.309 e. The van der Waals surface area contributed by atoms with E-state index in [4.69, 9.17) is 0 Å². The van der Waals surface area contributed by atoms with Crippen molar-refractivity contribution < 1.29 is 0 Å². The van der Waals surface area contributed by atoms with Gasteiger partial charge in [0.25, 0.3) is 0 Å². The van der Waals surface area contributed by atoms with Crippen LogP contribution in [0.1, 0.15) is 45.2 Å². The Kier molecular flexibility index (Phi) is 7.45. The summed E-state index contributed by atoms with van der Waals surface area (Å²) in [4.78, 5) is 0. The SMILES string of the molecule is c1ccc(-c2ccc([Si](c3ccccc3)(c3ccccc3)c3cccc(-n4c5ccccc5c5c6c(ccc54)C4c5ccccc5C6c5ccccc54)c3)cc2)cc1. The number of para-hydroxylation sites is 1. The first-order chi connectivity index (χ1) is 28.8. The lowest BCUT2D eigenvalue weighted by atomic mass is 9.60. The third kappa shape index (κ3) is 4.70. The van der Waals surface area contributed by atoms with Crippen LogP contribution in [0, 0.1) is 0 Å². The Morgan fingerprint density at radius 2 is 0.828 bits per heavy atom. The minimum atomic E-state index is -2.83. The summed E-state index contributed by atoms with van der Waals surface area (Å²) in [5.41, 5.74) is 14.9. The molecular weight excluding hydrogens is 715 g/mol. The van der Waals surface area contributed by atoms with Crippen LogP contribution in [0.15, 0.2) is 224 Å². The molecule has 1 nitrogen and oxygen atoms in total. The molecule has 0 amide bonds. The van der Waals surface area contributed by atoms with Crippen molar-refractivity contribution in [1.82, 2.24) is 4.57 Å². The maximum absolute atomic E-state index is 2.83. The van der Waals surface area contributed by atoms with E-state index in [0.717, 1.165) is 0 Å². The predicted molar refractivity (Wildman–Crippen MR) is 245 cm³/mol. The first-order valence-electron chi connectivity index (χ1n) is 20.4. The molecule has 0 saturated heterocycles. The first-order valence-corrected chi connectivity index (χ1v) is 22.4. The second-order valence-corrected chi connectivity index (χ2v) is 19.7. The van der Waals surface area contributed by atoms with Crippen LogP contribution in [0.25, 0.3) is 38.6 Å². The lowest BCUT2D eigenvalue weighted by molar-refractivity contribution is 0.761. The van der Waals surface area contributed by atoms with Gasteiger partial charge in [-0.1, -0.05) is 200 Å². The molecule has 272 valence electrons. The molecule has 3 aliphatic carbocycles. The van der Waals surface area contributed by atoms with Crippen molar-refractivity contribution in [2.75, 3.05) is 0 Å². The third-order valence-corrected chi connectivity index (χ3v) is 17.9. The van der Waals surface area contributed by atoms with Gasteiger partial charge in [-0.25, -0.2) is 0 Å². The van der Waals surface area contributed by atoms with E-state index < -0.39 is 8.07 Å². The fourth-order valence-corrected chi connectivity index (χ4v) is 15.6. The van der Waals surface area contributed by atoms with Crippen molar-refractivity contribution in [1.29, 1.82) is 0 Å². The number of aromatic nitrogens is 1. The van der Waals surface area contributed by atoms with Gasteiger partial charge in [-0.3, -0.25) is 0 Å². The lowest BCUT2D eigenvalue weighted by Crippen LogP contribution is -2.74. The Labute approximate surface area is 340 Å². The van der Waals surface area contributed by atoms with Gasteiger partial charge < -0.3 is 4.57 Å². The van der Waals surface area contributed by atoms with Crippen LogP contribution < -0.4 is 20.7 Å². The highest BCUT2D eigenvalue weighted by Gasteiger charge is 2.44. The van der Waals surface area contributed by atoms with Crippen molar-refractivity contribution in [3.8, 4) is 16.8 Å². The summed E-state index contributed by atoms with van der Waals surface area (Å²) >= 11 is 0. The van der Waals surface area contributed by atoms with Gasteiger partial charge in [-0.15, -0.1) is 0 Å². The fraction of sp³-hybridized carbons (Fsp3) is 0.0357. The summed E-state index contributed by atoms with van der Waals surface area (Å²) in [7, 11) is -2.83. The monoisotopic (exact) mass is 753 g/mol. The zero-order valence-electron chi connectivity index (χ0n) is 32.0. The van der Waals surface area contributed by atoms with E-state index in [9.17, 15) is 0 Å². The quantitative estimate of drug-likeness (QED) is 0.118. The Hall–Kier alpha value is -7.00. The highest BCUT2D eigenvalue weighted by atomic mass is 28.3. The molecule has 13 rings (SSSR count). The average Bonchev–Trinajstić information content (AvgIpc) is 3.65. The van der Waals surface area contributed by atoms with Gasteiger partial charge in [0.2, 0.25) is 0 Å². The van der Waals surface area contributed by atoms with Crippen LogP contribution in [0.4, 0.5) is 0 Å². The summed E-state index contributed by atoms with van der Waals surface area (Å²) < 4.78 is 2.54. The van der Waals surface area contributed by atoms with Crippen molar-refractivity contribution in [2.45, 2.75) is 11.8 Å². The molecule has 1 heterocycles. The molecule has 0 unspecified atom stereocenters. The highest BCUT2D eigenvalue weighted by molar-refractivity contribution is 7.19. The van der Waals surface area contributed by atoms with Gasteiger partial charge in [0.15, 0.2) is 8.07 Å². The normalized spacial score (nSPS) is 15.2. The standard InChI is InChI=1S/C56H39NSi/c1-4-17-38(18-5-1)39-31-33-43(34-32-39)58(41-20-6-2-7-21-41,42-22-8-3-9-23-42)44-24-16-19-40(37-44)57-51-30-15-14-29-49(51)55-52(57)36-35-50-53-45-25-10-12-27-47(45)54(56(50)55)48-28-13-11-26-46(48)53/h1-37,53-54H. The zero-order chi connectivity index (χ0) is 38.2. The first kappa shape index (κ1) is 33.2. The molecule has 2 bridgehead atoms. The molecule has 1 aromatic heterocycles. The van der Waals surface area contributed by atoms with Gasteiger partial charge in [-0.05, 0) is 89.5 Å². The van der Waals surface area contributed by atoms with Crippen LogP contribution in [-0.2, 0) is 0 Å². The summed E-state index contributed by atoms with van der Waals surface area (Å²) in [6.07, 6.45) is 0. The zero-order valence-corrected chi connectivity index (χ0v) is 33.0. The largest absolute Gasteiger partial charge is 0.309 e. The molecule has 0 spiro atoms. The van der Waals surface area contributed by atoms with Crippen LogP contribution >= 0.6 is 0 Å². The summed E-state index contributed by atoms with van der Waals surface area (Å²) in [6, 6.07) is 84.5. The van der Waals surface area contributed by atoms with Crippen molar-refractivity contribution in [2.24, 2.45) is 0 Å². The Balaban J connectivity index is 1.11. The molecule has 0 atom stereocenters. The summed E-state index contributed by atoms with van der Waals surface area (Å²) in [5, 5.41) is 8.16. The maximum Gasteiger partial charge on any atom is 0.179 e. The molecule has 10 aromatic rings. The molecule has 9 aromatic carbocycles. The molecule has 2 heteroatoms. The van der Waals surface area contributed by atoms with Gasteiger partial charge in [-0.2, -0.15) is 0 Å². The summed E-state index contributed by atoms with van der Waals surface area (Å²) in [5.74, 6) is 0.427. The average molecular weight is 754 g/mol. The fourth-order valence-electron chi connectivity index (χ4n) is 10.8. The van der Waals surface area contributed by atoms with Crippen LogP contribution in [0.5, 0.6) is 0 Å². The smallest absolute Gasteiger partial charge is 0.179 e. The van der Waals surface area contributed by atoms with E-state index in [1.54, 1.807) is 0 Å². The number of hydrogen-bond acceptors (Lipinski definition) is 0. The van der Waals surface area contributed by atoms with E-state index in [1.165, 1.54) is 92.7 Å². The van der Waals surface area contributed by atoms with E-state index in [0.29, 0.717) is 0 Å². The molecule has 3 aliphatic rings. The number of nitrogens with zero attached hydrogens (tertiary/aromatic N) is 1. The summed E-state index contributed by atoms with van der Waals surface area (Å²) in [6.45, 7) is 0. The number of rotatable bonds is 6. The van der Waals surface area contributed by atoms with Crippen LogP contribution in [0.3, 0.4) is 0 Å². The molecule has 0 saturated carbocycles. The van der Waals surface area contributed by atoms with Crippen molar-refractivity contribution in [3.63, 3.8) is 0 Å². The van der Waals surface area contributed by atoms with Crippen molar-refractivity contribution >= 4 is 50.6 Å². The van der Waals surface area contributed by atoms with E-state index in [2.05, 4.69) is 229 Å². The second-order valence-electron chi connectivity index (χ2n) is 15.9. The van der Waals surface area contributed by atoms with Gasteiger partial charge in [0, 0.05) is 28.3 Å². The Bertz CT molecular complexity index is 3080. The number of hydrogen-bond donors (Lipinski definition) is 0. The number of fused-ring (bicyclic) bond motifs is 3. The molecule has 0 radical (unpaired) electrons. The Morgan fingerprint density at radius 3 is 1.47 bits per heavy atom. The van der Waals surface area contributed by atoms with E-state index in [-0.39, 0.29) is 11.8 Å². The number of benzene rings is 9.